The fraction of sp³-hybridized carbons (Fsp3) is 0.455. The van der Waals surface area contributed by atoms with Gasteiger partial charge in [-0.1, -0.05) is 0 Å². The highest BCUT2D eigenvalue weighted by Gasteiger charge is 2.14. The van der Waals surface area contributed by atoms with Gasteiger partial charge in [0.2, 0.25) is 0 Å². The lowest BCUT2D eigenvalue weighted by Gasteiger charge is -2.13. The van der Waals surface area contributed by atoms with Crippen LogP contribution < -0.4 is 14.8 Å². The van der Waals surface area contributed by atoms with Crippen LogP contribution >= 0.6 is 0 Å². The molecule has 4 heteroatoms. The predicted octanol–water partition coefficient (Wildman–Crippen LogP) is 1.93. The number of nitrogens with one attached hydrogen (secondary N) is 1. The summed E-state index contributed by atoms with van der Waals surface area (Å²) in [6, 6.07) is 5.08. The molecule has 0 spiro atoms. The van der Waals surface area contributed by atoms with Crippen LogP contribution in [-0.4, -0.2) is 27.8 Å². The molecule has 1 aromatic rings. The Balaban J connectivity index is 2.96. The van der Waals surface area contributed by atoms with Crippen molar-refractivity contribution >= 4 is 0 Å². The lowest BCUT2D eigenvalue weighted by atomic mass is 10.1. The van der Waals surface area contributed by atoms with E-state index in [4.69, 9.17) is 9.47 Å². The molecule has 0 saturated carbocycles. The zero-order valence-corrected chi connectivity index (χ0v) is 9.21. The lowest BCUT2D eigenvalue weighted by Crippen LogP contribution is -2.14. The summed E-state index contributed by atoms with van der Waals surface area (Å²) in [5.41, 5.74) is 0.535. The Labute approximate surface area is 89.2 Å². The van der Waals surface area contributed by atoms with E-state index in [9.17, 15) is 4.39 Å². The van der Waals surface area contributed by atoms with Crippen molar-refractivity contribution in [3.8, 4) is 11.5 Å². The van der Waals surface area contributed by atoms with E-state index >= 15 is 0 Å². The van der Waals surface area contributed by atoms with Crippen LogP contribution in [0.25, 0.3) is 0 Å². The molecule has 0 aliphatic heterocycles. The quantitative estimate of drug-likeness (QED) is 0.810. The maximum atomic E-state index is 13.6. The molecule has 0 radical (unpaired) electrons. The van der Waals surface area contributed by atoms with Crippen LogP contribution in [0.2, 0.25) is 0 Å². The van der Waals surface area contributed by atoms with Crippen LogP contribution in [0, 0.1) is 0 Å². The van der Waals surface area contributed by atoms with Crippen molar-refractivity contribution in [2.45, 2.75) is 6.17 Å². The largest absolute Gasteiger partial charge is 0.497 e. The molecule has 84 valence electrons. The topological polar surface area (TPSA) is 30.5 Å². The summed E-state index contributed by atoms with van der Waals surface area (Å²) in [5.74, 6) is 1.17. The highest BCUT2D eigenvalue weighted by atomic mass is 19.1. The summed E-state index contributed by atoms with van der Waals surface area (Å²) < 4.78 is 23.8. The maximum Gasteiger partial charge on any atom is 0.141 e. The smallest absolute Gasteiger partial charge is 0.141 e. The first-order valence-corrected chi connectivity index (χ1v) is 4.73. The van der Waals surface area contributed by atoms with Gasteiger partial charge in [-0.05, 0) is 19.2 Å². The zero-order chi connectivity index (χ0) is 11.3. The summed E-state index contributed by atoms with van der Waals surface area (Å²) in [4.78, 5) is 0. The van der Waals surface area contributed by atoms with Crippen molar-refractivity contribution in [3.63, 3.8) is 0 Å². The number of benzene rings is 1. The molecule has 0 heterocycles. The van der Waals surface area contributed by atoms with Crippen molar-refractivity contribution in [2.75, 3.05) is 27.8 Å². The molecule has 1 unspecified atom stereocenters. The van der Waals surface area contributed by atoms with Gasteiger partial charge in [-0.25, -0.2) is 4.39 Å². The second kappa shape index (κ2) is 5.56. The number of hydrogen-bond donors (Lipinski definition) is 1. The Kier molecular flexibility index (Phi) is 4.37. The Morgan fingerprint density at radius 1 is 1.33 bits per heavy atom. The molecule has 3 nitrogen and oxygen atoms in total. The average molecular weight is 213 g/mol. The van der Waals surface area contributed by atoms with Gasteiger partial charge in [-0.2, -0.15) is 0 Å². The molecular weight excluding hydrogens is 197 g/mol. The van der Waals surface area contributed by atoms with Gasteiger partial charge in [-0.15, -0.1) is 0 Å². The average Bonchev–Trinajstić information content (AvgIpc) is 2.28. The number of ether oxygens (including phenoxy) is 2. The van der Waals surface area contributed by atoms with Gasteiger partial charge in [-0.3, -0.25) is 0 Å². The standard InChI is InChI=1S/C11H16FNO2/c1-13-7-10(12)9-5-4-8(14-2)6-11(9)15-3/h4-6,10,13H,7H2,1-3H3. The Morgan fingerprint density at radius 2 is 2.07 bits per heavy atom. The minimum Gasteiger partial charge on any atom is -0.497 e. The van der Waals surface area contributed by atoms with Crippen molar-refractivity contribution < 1.29 is 13.9 Å². The van der Waals surface area contributed by atoms with Gasteiger partial charge in [0.05, 0.1) is 14.2 Å². The number of halogens is 1. The molecule has 1 rings (SSSR count). The minimum absolute atomic E-state index is 0.267. The summed E-state index contributed by atoms with van der Waals surface area (Å²) in [6.45, 7) is 0.267. The molecule has 0 bridgehead atoms. The van der Waals surface area contributed by atoms with Crippen molar-refractivity contribution in [1.82, 2.24) is 5.32 Å². The van der Waals surface area contributed by atoms with E-state index in [0.717, 1.165) is 0 Å². The molecule has 15 heavy (non-hydrogen) atoms. The third kappa shape index (κ3) is 2.83. The van der Waals surface area contributed by atoms with Crippen LogP contribution in [0.1, 0.15) is 11.7 Å². The van der Waals surface area contributed by atoms with Crippen molar-refractivity contribution in [3.05, 3.63) is 23.8 Å². The van der Waals surface area contributed by atoms with E-state index < -0.39 is 6.17 Å². The third-order valence-corrected chi connectivity index (χ3v) is 2.16. The number of methoxy groups -OCH3 is 2. The molecule has 0 saturated heterocycles. The number of hydrogen-bond acceptors (Lipinski definition) is 3. The zero-order valence-electron chi connectivity index (χ0n) is 9.21. The molecule has 0 amide bonds. The van der Waals surface area contributed by atoms with E-state index in [2.05, 4.69) is 5.32 Å². The van der Waals surface area contributed by atoms with Crippen LogP contribution in [0.3, 0.4) is 0 Å². The molecule has 0 aliphatic carbocycles. The van der Waals surface area contributed by atoms with Gasteiger partial charge in [0.25, 0.3) is 0 Å². The van der Waals surface area contributed by atoms with Crippen molar-refractivity contribution in [1.29, 1.82) is 0 Å². The first-order valence-electron chi connectivity index (χ1n) is 4.73. The highest BCUT2D eigenvalue weighted by molar-refractivity contribution is 5.42. The van der Waals surface area contributed by atoms with Crippen LogP contribution in [0.4, 0.5) is 4.39 Å². The fourth-order valence-electron chi connectivity index (χ4n) is 1.37. The second-order valence-electron chi connectivity index (χ2n) is 3.13. The minimum atomic E-state index is -1.07. The van der Waals surface area contributed by atoms with E-state index in [1.807, 2.05) is 0 Å². The summed E-state index contributed by atoms with van der Waals surface area (Å²) in [5, 5.41) is 2.78. The third-order valence-electron chi connectivity index (χ3n) is 2.16. The fourth-order valence-corrected chi connectivity index (χ4v) is 1.37. The normalized spacial score (nSPS) is 12.3. The number of rotatable bonds is 5. The molecular formula is C11H16FNO2. The van der Waals surface area contributed by atoms with Crippen molar-refractivity contribution in [2.24, 2.45) is 0 Å². The lowest BCUT2D eigenvalue weighted by molar-refractivity contribution is 0.316. The first-order chi connectivity index (χ1) is 7.22. The molecule has 1 atom stereocenters. The molecule has 0 aliphatic rings. The summed E-state index contributed by atoms with van der Waals surface area (Å²) in [7, 11) is 4.79. The second-order valence-corrected chi connectivity index (χ2v) is 3.13. The first kappa shape index (κ1) is 11.8. The van der Waals surface area contributed by atoms with Gasteiger partial charge in [0.15, 0.2) is 0 Å². The molecule has 0 fully saturated rings. The Morgan fingerprint density at radius 3 is 2.60 bits per heavy atom. The molecule has 1 aromatic carbocycles. The van der Waals surface area contributed by atoms with E-state index in [1.54, 1.807) is 32.4 Å². The summed E-state index contributed by atoms with van der Waals surface area (Å²) in [6.07, 6.45) is -1.07. The van der Waals surface area contributed by atoms with Gasteiger partial charge in [0, 0.05) is 18.2 Å². The van der Waals surface area contributed by atoms with Crippen LogP contribution in [0.5, 0.6) is 11.5 Å². The highest BCUT2D eigenvalue weighted by Crippen LogP contribution is 2.30. The van der Waals surface area contributed by atoms with Crippen LogP contribution in [-0.2, 0) is 0 Å². The number of likely N-dealkylation sites (N-methyl/N-ethyl adjacent to an activating group) is 1. The molecule has 0 aromatic heterocycles. The van der Waals surface area contributed by atoms with Gasteiger partial charge in [0.1, 0.15) is 17.7 Å². The molecule has 1 N–H and O–H groups in total. The summed E-state index contributed by atoms with van der Waals surface area (Å²) >= 11 is 0. The van der Waals surface area contributed by atoms with Crippen LogP contribution in [0.15, 0.2) is 18.2 Å². The SMILES string of the molecule is CNCC(F)c1ccc(OC)cc1OC. The Bertz CT molecular complexity index is 317. The van der Waals surface area contributed by atoms with Gasteiger partial charge < -0.3 is 14.8 Å². The monoisotopic (exact) mass is 213 g/mol. The number of alkyl halides is 1. The maximum absolute atomic E-state index is 13.6. The van der Waals surface area contributed by atoms with E-state index in [0.29, 0.717) is 17.1 Å². The predicted molar refractivity (Wildman–Crippen MR) is 57.3 cm³/mol. The Hall–Kier alpha value is -1.29. The van der Waals surface area contributed by atoms with Gasteiger partial charge >= 0.3 is 0 Å². The van der Waals surface area contributed by atoms with E-state index in [1.165, 1.54) is 7.11 Å². The van der Waals surface area contributed by atoms with E-state index in [-0.39, 0.29) is 6.54 Å².